The number of hydrogen-bond donors (Lipinski definition) is 2. The number of aliphatic hydroxyl groups excluding tert-OH is 2. The van der Waals surface area contributed by atoms with E-state index in [1.807, 2.05) is 0 Å². The molecule has 2 N–H and O–H groups in total. The molecule has 1 saturated heterocycles. The molecule has 4 nitrogen and oxygen atoms in total. The first-order valence-corrected chi connectivity index (χ1v) is 10.3. The fourth-order valence-electron chi connectivity index (χ4n) is 6.05. The monoisotopic (exact) mass is 348 g/mol. The van der Waals surface area contributed by atoms with Crippen molar-refractivity contribution in [3.63, 3.8) is 0 Å². The van der Waals surface area contributed by atoms with E-state index < -0.39 is 18.0 Å². The first kappa shape index (κ1) is 17.8. The van der Waals surface area contributed by atoms with Gasteiger partial charge < -0.3 is 19.7 Å². The minimum atomic E-state index is -0.543. The van der Waals surface area contributed by atoms with Gasteiger partial charge in [-0.1, -0.05) is 38.0 Å². The van der Waals surface area contributed by atoms with Crippen molar-refractivity contribution in [1.82, 2.24) is 0 Å². The van der Waals surface area contributed by atoms with Gasteiger partial charge in [0, 0.05) is 11.8 Å². The van der Waals surface area contributed by atoms with Gasteiger partial charge in [0.2, 0.25) is 0 Å². The van der Waals surface area contributed by atoms with Gasteiger partial charge in [-0.15, -0.1) is 0 Å². The Morgan fingerprint density at radius 1 is 1.12 bits per heavy atom. The van der Waals surface area contributed by atoms with Gasteiger partial charge >= 0.3 is 0 Å². The standard InChI is InChI=1S/C21H32O4/c1-2-20-11-10-19(23)16(17(20)14-21(20)24-12-13-25-21)8-9-18(22)15-6-4-3-5-7-15/h15-19,22-23H,2-7,10-14H2,1H3/t16-,17-,18-,19-,20+/m1/s1. The van der Waals surface area contributed by atoms with Crippen molar-refractivity contribution >= 4 is 0 Å². The lowest BCUT2D eigenvalue weighted by molar-refractivity contribution is -0.351. The third-order valence-corrected chi connectivity index (χ3v) is 7.57. The summed E-state index contributed by atoms with van der Waals surface area (Å²) in [5, 5.41) is 21.1. The molecule has 5 atom stereocenters. The lowest BCUT2D eigenvalue weighted by Gasteiger charge is -2.65. The van der Waals surface area contributed by atoms with Crippen LogP contribution in [0.25, 0.3) is 0 Å². The summed E-state index contributed by atoms with van der Waals surface area (Å²) in [6.07, 6.45) is 8.42. The number of rotatable bonds is 2. The molecule has 4 fully saturated rings. The molecule has 4 rings (SSSR count). The summed E-state index contributed by atoms with van der Waals surface area (Å²) in [4.78, 5) is 0. The average molecular weight is 348 g/mol. The zero-order valence-electron chi connectivity index (χ0n) is 15.4. The minimum Gasteiger partial charge on any atom is -0.392 e. The third-order valence-electron chi connectivity index (χ3n) is 7.57. The van der Waals surface area contributed by atoms with Crippen LogP contribution in [0.4, 0.5) is 0 Å². The molecule has 0 amide bonds. The number of ether oxygens (including phenoxy) is 2. The number of fused-ring (bicyclic) bond motifs is 2. The molecule has 3 saturated carbocycles. The molecule has 0 unspecified atom stereocenters. The van der Waals surface area contributed by atoms with Gasteiger partial charge in [-0.3, -0.25) is 0 Å². The van der Waals surface area contributed by atoms with Gasteiger partial charge in [0.25, 0.3) is 0 Å². The third kappa shape index (κ3) is 2.75. The van der Waals surface area contributed by atoms with E-state index in [-0.39, 0.29) is 11.3 Å². The molecule has 0 aromatic heterocycles. The molecule has 0 aromatic rings. The highest BCUT2D eigenvalue weighted by molar-refractivity contribution is 5.22. The van der Waals surface area contributed by atoms with Crippen molar-refractivity contribution in [2.75, 3.05) is 13.2 Å². The summed E-state index contributed by atoms with van der Waals surface area (Å²) in [6, 6.07) is 0. The molecule has 140 valence electrons. The molecule has 0 radical (unpaired) electrons. The molecule has 1 spiro atoms. The maximum Gasteiger partial charge on any atom is 0.174 e. The summed E-state index contributed by atoms with van der Waals surface area (Å²) >= 11 is 0. The van der Waals surface area contributed by atoms with Crippen LogP contribution in [0.5, 0.6) is 0 Å². The van der Waals surface area contributed by atoms with E-state index in [0.29, 0.717) is 25.0 Å². The lowest BCUT2D eigenvalue weighted by Crippen LogP contribution is -2.68. The van der Waals surface area contributed by atoms with Crippen LogP contribution in [-0.2, 0) is 9.47 Å². The Morgan fingerprint density at radius 2 is 1.84 bits per heavy atom. The van der Waals surface area contributed by atoms with Crippen LogP contribution in [0, 0.1) is 35.0 Å². The Hall–Kier alpha value is -0.600. The van der Waals surface area contributed by atoms with Gasteiger partial charge in [0.05, 0.1) is 25.2 Å². The van der Waals surface area contributed by atoms with E-state index in [2.05, 4.69) is 18.8 Å². The highest BCUT2D eigenvalue weighted by atomic mass is 16.7. The van der Waals surface area contributed by atoms with Crippen molar-refractivity contribution in [2.24, 2.45) is 23.2 Å². The Balaban J connectivity index is 1.51. The van der Waals surface area contributed by atoms with Crippen molar-refractivity contribution in [3.05, 3.63) is 0 Å². The summed E-state index contributed by atoms with van der Waals surface area (Å²) in [6.45, 7) is 3.56. The zero-order valence-corrected chi connectivity index (χ0v) is 15.4. The first-order chi connectivity index (χ1) is 12.1. The quantitative estimate of drug-likeness (QED) is 0.754. The highest BCUT2D eigenvalue weighted by Crippen LogP contribution is 2.67. The summed E-state index contributed by atoms with van der Waals surface area (Å²) in [5.74, 6) is 6.55. The minimum absolute atomic E-state index is 0.0160. The Morgan fingerprint density at radius 3 is 2.52 bits per heavy atom. The molecule has 0 bridgehead atoms. The molecular formula is C21H32O4. The van der Waals surface area contributed by atoms with Gasteiger partial charge in [0.1, 0.15) is 6.10 Å². The first-order valence-electron chi connectivity index (χ1n) is 10.3. The van der Waals surface area contributed by atoms with Gasteiger partial charge in [0.15, 0.2) is 5.79 Å². The fraction of sp³-hybridized carbons (Fsp3) is 0.905. The van der Waals surface area contributed by atoms with Crippen LogP contribution >= 0.6 is 0 Å². The maximum absolute atomic E-state index is 10.6. The second kappa shape index (κ2) is 6.85. The lowest BCUT2D eigenvalue weighted by atomic mass is 9.45. The van der Waals surface area contributed by atoms with E-state index in [4.69, 9.17) is 9.47 Å². The molecule has 1 aliphatic heterocycles. The van der Waals surface area contributed by atoms with Crippen LogP contribution in [0.15, 0.2) is 0 Å². The fourth-order valence-corrected chi connectivity index (χ4v) is 6.05. The second-order valence-corrected chi connectivity index (χ2v) is 8.53. The van der Waals surface area contributed by atoms with Crippen molar-refractivity contribution in [3.8, 4) is 11.8 Å². The highest BCUT2D eigenvalue weighted by Gasteiger charge is 2.71. The Kier molecular flexibility index (Phi) is 4.88. The maximum atomic E-state index is 10.6. The predicted molar refractivity (Wildman–Crippen MR) is 94.6 cm³/mol. The van der Waals surface area contributed by atoms with Gasteiger partial charge in [-0.05, 0) is 43.9 Å². The van der Waals surface area contributed by atoms with Crippen LogP contribution in [0.2, 0.25) is 0 Å². The van der Waals surface area contributed by atoms with E-state index in [1.54, 1.807) is 0 Å². The van der Waals surface area contributed by atoms with Crippen LogP contribution < -0.4 is 0 Å². The molecule has 4 heteroatoms. The molecule has 4 aliphatic rings. The average Bonchev–Trinajstić information content (AvgIpc) is 3.14. The normalized spacial score (nSPS) is 41.5. The SMILES string of the molecule is CC[C@]12CC[C@@H](O)[C@H](C#C[C@@H](O)C3CCCCC3)[C@H]1CC21OCCO1. The molecule has 0 aromatic carbocycles. The van der Waals surface area contributed by atoms with Crippen LogP contribution in [0.3, 0.4) is 0 Å². The summed E-state index contributed by atoms with van der Waals surface area (Å²) in [5.41, 5.74) is -0.0160. The largest absolute Gasteiger partial charge is 0.392 e. The van der Waals surface area contributed by atoms with Gasteiger partial charge in [-0.2, -0.15) is 0 Å². The second-order valence-electron chi connectivity index (χ2n) is 8.53. The zero-order chi connectivity index (χ0) is 17.5. The predicted octanol–water partition coefficient (Wildman–Crippen LogP) is 2.86. The van der Waals surface area contributed by atoms with Crippen molar-refractivity contribution in [2.45, 2.75) is 82.7 Å². The smallest absolute Gasteiger partial charge is 0.174 e. The summed E-state index contributed by atoms with van der Waals surface area (Å²) < 4.78 is 12.1. The molecule has 3 aliphatic carbocycles. The van der Waals surface area contributed by atoms with Gasteiger partial charge in [-0.25, -0.2) is 0 Å². The van der Waals surface area contributed by atoms with Crippen LogP contribution in [-0.4, -0.2) is 41.4 Å². The molecule has 25 heavy (non-hydrogen) atoms. The Labute approximate surface area is 151 Å². The molecule has 1 heterocycles. The summed E-state index contributed by atoms with van der Waals surface area (Å²) in [7, 11) is 0. The van der Waals surface area contributed by atoms with Crippen molar-refractivity contribution < 1.29 is 19.7 Å². The number of hydrogen-bond acceptors (Lipinski definition) is 4. The van der Waals surface area contributed by atoms with E-state index in [0.717, 1.165) is 38.5 Å². The topological polar surface area (TPSA) is 58.9 Å². The Bertz CT molecular complexity index is 538. The van der Waals surface area contributed by atoms with E-state index in [9.17, 15) is 10.2 Å². The van der Waals surface area contributed by atoms with Crippen molar-refractivity contribution in [1.29, 1.82) is 0 Å². The van der Waals surface area contributed by atoms with E-state index in [1.165, 1.54) is 19.3 Å². The number of aliphatic hydroxyl groups is 2. The van der Waals surface area contributed by atoms with Crippen LogP contribution in [0.1, 0.15) is 64.7 Å². The van der Waals surface area contributed by atoms with E-state index >= 15 is 0 Å². The molecular weight excluding hydrogens is 316 g/mol.